The van der Waals surface area contributed by atoms with Gasteiger partial charge in [-0.25, -0.2) is 4.79 Å². The van der Waals surface area contributed by atoms with Crippen molar-refractivity contribution in [3.8, 4) is 11.5 Å². The molecule has 0 spiro atoms. The molecule has 0 saturated heterocycles. The first kappa shape index (κ1) is 8.85. The Kier molecular flexibility index (Phi) is 1.95. The zero-order valence-corrected chi connectivity index (χ0v) is 8.84. The molecule has 0 bridgehead atoms. The lowest BCUT2D eigenvalue weighted by Gasteiger charge is -2.00. The third kappa shape index (κ3) is 1.51. The van der Waals surface area contributed by atoms with E-state index in [1.54, 1.807) is 0 Å². The van der Waals surface area contributed by atoms with E-state index in [1.807, 2.05) is 6.07 Å². The van der Waals surface area contributed by atoms with Crippen LogP contribution in [0.2, 0.25) is 0 Å². The summed E-state index contributed by atoms with van der Waals surface area (Å²) in [6.07, 6.45) is 3.51. The Labute approximate surface area is 90.5 Å². The highest BCUT2D eigenvalue weighted by Crippen LogP contribution is 2.26. The highest BCUT2D eigenvalue weighted by molar-refractivity contribution is 7.02. The molecule has 0 atom stereocenters. The zero-order chi connectivity index (χ0) is 10.3. The van der Waals surface area contributed by atoms with Crippen LogP contribution in [-0.2, 0) is 12.8 Å². The molecule has 0 fully saturated rings. The fourth-order valence-electron chi connectivity index (χ4n) is 2.01. The molecular formula is C11H9NO2S. The van der Waals surface area contributed by atoms with Crippen LogP contribution in [0.1, 0.15) is 17.5 Å². The molecule has 1 aliphatic rings. The third-order valence-electron chi connectivity index (χ3n) is 2.73. The van der Waals surface area contributed by atoms with Gasteiger partial charge in [-0.3, -0.25) is 0 Å². The van der Waals surface area contributed by atoms with Crippen LogP contribution >= 0.6 is 11.5 Å². The van der Waals surface area contributed by atoms with Crippen LogP contribution in [0.15, 0.2) is 27.4 Å². The van der Waals surface area contributed by atoms with Gasteiger partial charge in [-0.15, -0.1) is 4.37 Å². The predicted molar refractivity (Wildman–Crippen MR) is 58.1 cm³/mol. The van der Waals surface area contributed by atoms with Crippen LogP contribution in [0, 0.1) is 0 Å². The van der Waals surface area contributed by atoms with Gasteiger partial charge < -0.3 is 4.42 Å². The molecule has 15 heavy (non-hydrogen) atoms. The molecule has 4 heteroatoms. The number of hydrogen-bond acceptors (Lipinski definition) is 4. The second-order valence-electron chi connectivity index (χ2n) is 3.68. The Hall–Kier alpha value is -1.42. The Balaban J connectivity index is 2.10. The first-order chi connectivity index (χ1) is 7.33. The molecule has 1 aromatic heterocycles. The molecule has 76 valence electrons. The summed E-state index contributed by atoms with van der Waals surface area (Å²) in [4.78, 5) is 10.5. The molecule has 1 aliphatic carbocycles. The van der Waals surface area contributed by atoms with Gasteiger partial charge in [-0.1, -0.05) is 6.07 Å². The van der Waals surface area contributed by atoms with E-state index in [9.17, 15) is 4.79 Å². The Bertz CT molecular complexity index is 556. The molecule has 0 aliphatic heterocycles. The van der Waals surface area contributed by atoms with Gasteiger partial charge >= 0.3 is 4.94 Å². The normalized spacial score (nSPS) is 14.1. The number of aromatic nitrogens is 1. The SMILES string of the molecule is O=c1oc(-c2ccc3c(c2)CCC3)ns1. The Morgan fingerprint density at radius 1 is 1.27 bits per heavy atom. The van der Waals surface area contributed by atoms with Crippen molar-refractivity contribution in [1.82, 2.24) is 4.37 Å². The minimum Gasteiger partial charge on any atom is -0.394 e. The van der Waals surface area contributed by atoms with E-state index >= 15 is 0 Å². The number of rotatable bonds is 1. The Morgan fingerprint density at radius 3 is 2.93 bits per heavy atom. The molecule has 1 heterocycles. The van der Waals surface area contributed by atoms with E-state index in [4.69, 9.17) is 4.42 Å². The average molecular weight is 219 g/mol. The molecular weight excluding hydrogens is 210 g/mol. The summed E-state index contributed by atoms with van der Waals surface area (Å²) in [6.45, 7) is 0. The van der Waals surface area contributed by atoms with Crippen molar-refractivity contribution in [1.29, 1.82) is 0 Å². The maximum absolute atomic E-state index is 10.9. The van der Waals surface area contributed by atoms with Gasteiger partial charge in [0.2, 0.25) is 5.89 Å². The highest BCUT2D eigenvalue weighted by atomic mass is 32.1. The lowest BCUT2D eigenvalue weighted by atomic mass is 10.1. The van der Waals surface area contributed by atoms with Gasteiger partial charge in [-0.2, -0.15) is 0 Å². The fraction of sp³-hybridized carbons (Fsp3) is 0.273. The van der Waals surface area contributed by atoms with Gasteiger partial charge in [0.25, 0.3) is 0 Å². The van der Waals surface area contributed by atoms with Gasteiger partial charge in [-0.05, 0) is 42.5 Å². The van der Waals surface area contributed by atoms with Crippen molar-refractivity contribution in [3.63, 3.8) is 0 Å². The number of hydrogen-bond donors (Lipinski definition) is 0. The number of aryl methyl sites for hydroxylation is 2. The summed E-state index contributed by atoms with van der Waals surface area (Å²) in [5, 5.41) is 0. The van der Waals surface area contributed by atoms with E-state index in [0.717, 1.165) is 29.9 Å². The third-order valence-corrected chi connectivity index (χ3v) is 3.22. The minimum atomic E-state index is -0.342. The maximum Gasteiger partial charge on any atom is 0.414 e. The Morgan fingerprint density at radius 2 is 2.13 bits per heavy atom. The molecule has 0 saturated carbocycles. The van der Waals surface area contributed by atoms with Crippen molar-refractivity contribution < 1.29 is 4.42 Å². The van der Waals surface area contributed by atoms with E-state index in [-0.39, 0.29) is 4.94 Å². The van der Waals surface area contributed by atoms with Crippen LogP contribution in [-0.4, -0.2) is 4.37 Å². The largest absolute Gasteiger partial charge is 0.414 e. The summed E-state index contributed by atoms with van der Waals surface area (Å²) >= 11 is 0.860. The van der Waals surface area contributed by atoms with Crippen molar-refractivity contribution in [3.05, 3.63) is 39.1 Å². The molecule has 3 rings (SSSR count). The summed E-state index contributed by atoms with van der Waals surface area (Å²) in [7, 11) is 0. The van der Waals surface area contributed by atoms with Crippen molar-refractivity contribution >= 4 is 11.5 Å². The predicted octanol–water partition coefficient (Wildman–Crippen LogP) is 2.25. The summed E-state index contributed by atoms with van der Waals surface area (Å²) in [6, 6.07) is 6.17. The molecule has 3 nitrogen and oxygen atoms in total. The minimum absolute atomic E-state index is 0.342. The zero-order valence-electron chi connectivity index (χ0n) is 8.03. The smallest absolute Gasteiger partial charge is 0.394 e. The van der Waals surface area contributed by atoms with Crippen LogP contribution in [0.3, 0.4) is 0 Å². The number of benzene rings is 1. The van der Waals surface area contributed by atoms with E-state index in [1.165, 1.54) is 17.5 Å². The molecule has 2 aromatic rings. The monoisotopic (exact) mass is 219 g/mol. The fourth-order valence-corrected chi connectivity index (χ4v) is 2.43. The van der Waals surface area contributed by atoms with Crippen LogP contribution in [0.4, 0.5) is 0 Å². The number of nitrogens with zero attached hydrogens (tertiary/aromatic N) is 1. The van der Waals surface area contributed by atoms with Crippen molar-refractivity contribution in [2.45, 2.75) is 19.3 Å². The van der Waals surface area contributed by atoms with Gasteiger partial charge in [0.05, 0.1) is 11.5 Å². The van der Waals surface area contributed by atoms with Gasteiger partial charge in [0, 0.05) is 5.56 Å². The van der Waals surface area contributed by atoms with E-state index in [2.05, 4.69) is 16.5 Å². The summed E-state index contributed by atoms with van der Waals surface area (Å²) < 4.78 is 8.96. The molecule has 1 aromatic carbocycles. The van der Waals surface area contributed by atoms with Crippen LogP contribution < -0.4 is 4.94 Å². The lowest BCUT2D eigenvalue weighted by molar-refractivity contribution is 0.543. The van der Waals surface area contributed by atoms with E-state index in [0.29, 0.717) is 5.89 Å². The number of fused-ring (bicyclic) bond motifs is 1. The topological polar surface area (TPSA) is 43.1 Å². The average Bonchev–Trinajstić information content (AvgIpc) is 2.84. The second kappa shape index (κ2) is 3.31. The quantitative estimate of drug-likeness (QED) is 0.738. The van der Waals surface area contributed by atoms with Crippen molar-refractivity contribution in [2.24, 2.45) is 0 Å². The summed E-state index contributed by atoms with van der Waals surface area (Å²) in [5.41, 5.74) is 3.69. The van der Waals surface area contributed by atoms with E-state index < -0.39 is 0 Å². The lowest BCUT2D eigenvalue weighted by Crippen LogP contribution is -1.85. The van der Waals surface area contributed by atoms with Crippen molar-refractivity contribution in [2.75, 3.05) is 0 Å². The highest BCUT2D eigenvalue weighted by Gasteiger charge is 2.13. The summed E-state index contributed by atoms with van der Waals surface area (Å²) in [5.74, 6) is 0.444. The first-order valence-electron chi connectivity index (χ1n) is 4.92. The first-order valence-corrected chi connectivity index (χ1v) is 5.69. The molecule has 0 radical (unpaired) electrons. The maximum atomic E-state index is 10.9. The molecule has 0 N–H and O–H groups in total. The second-order valence-corrected chi connectivity index (χ2v) is 4.38. The standard InChI is InChI=1S/C11H9NO2S/c13-11-14-10(12-15-11)9-5-4-7-2-1-3-8(7)6-9/h4-6H,1-3H2. The van der Waals surface area contributed by atoms with Gasteiger partial charge in [0.15, 0.2) is 0 Å². The molecule has 0 unspecified atom stereocenters. The van der Waals surface area contributed by atoms with Crippen LogP contribution in [0.25, 0.3) is 11.5 Å². The van der Waals surface area contributed by atoms with Gasteiger partial charge in [0.1, 0.15) is 0 Å². The molecule has 0 amide bonds. The van der Waals surface area contributed by atoms with Crippen LogP contribution in [0.5, 0.6) is 0 Å².